The van der Waals surface area contributed by atoms with Crippen LogP contribution in [0.2, 0.25) is 0 Å². The number of nitrogen functional groups attached to an aromatic ring is 2. The topological polar surface area (TPSA) is 81.6 Å². The maximum Gasteiger partial charge on any atom is 0.412 e. The van der Waals surface area contributed by atoms with E-state index in [0.717, 1.165) is 23.2 Å². The number of anilines is 2. The minimum absolute atomic E-state index is 0.378. The van der Waals surface area contributed by atoms with Crippen molar-refractivity contribution in [3.63, 3.8) is 0 Å². The molecule has 0 aliphatic rings. The molecule has 0 aliphatic carbocycles. The second kappa shape index (κ2) is 7.66. The van der Waals surface area contributed by atoms with E-state index in [-0.39, 0.29) is 6.09 Å². The summed E-state index contributed by atoms with van der Waals surface area (Å²) in [6.45, 7) is 1.03. The first-order valence-corrected chi connectivity index (χ1v) is 7.40. The van der Waals surface area contributed by atoms with Gasteiger partial charge in [0.15, 0.2) is 0 Å². The standard InChI is InChI=1S/C16H20N3O2P/c17-14-5-1-12(2-6-14)9-10-19(16(20)21-22)11-13-3-7-15(18)8-4-13/h1-8H,9-11,17-18,22H2. The number of hydrogen-bond donors (Lipinski definition) is 2. The van der Waals surface area contributed by atoms with E-state index in [0.29, 0.717) is 18.8 Å². The van der Waals surface area contributed by atoms with Crippen LogP contribution in [-0.2, 0) is 17.5 Å². The molecular weight excluding hydrogens is 297 g/mol. The maximum atomic E-state index is 11.9. The number of rotatable bonds is 5. The lowest BCUT2D eigenvalue weighted by Gasteiger charge is -2.21. The zero-order chi connectivity index (χ0) is 15.9. The molecule has 0 heterocycles. The molecule has 6 heteroatoms. The van der Waals surface area contributed by atoms with E-state index in [4.69, 9.17) is 16.0 Å². The van der Waals surface area contributed by atoms with E-state index in [9.17, 15) is 4.79 Å². The average molecular weight is 317 g/mol. The van der Waals surface area contributed by atoms with E-state index >= 15 is 0 Å². The molecule has 0 aromatic heterocycles. The molecule has 0 fully saturated rings. The predicted molar refractivity (Wildman–Crippen MR) is 92.0 cm³/mol. The van der Waals surface area contributed by atoms with Gasteiger partial charge in [-0.05, 0) is 41.8 Å². The van der Waals surface area contributed by atoms with Gasteiger partial charge >= 0.3 is 6.09 Å². The highest BCUT2D eigenvalue weighted by atomic mass is 31.0. The highest BCUT2D eigenvalue weighted by Crippen LogP contribution is 2.12. The minimum atomic E-state index is -0.378. The molecule has 0 saturated heterocycles. The Bertz CT molecular complexity index is 614. The van der Waals surface area contributed by atoms with Crippen LogP contribution in [0.1, 0.15) is 11.1 Å². The van der Waals surface area contributed by atoms with Crippen LogP contribution in [0.4, 0.5) is 16.2 Å². The van der Waals surface area contributed by atoms with Crippen LogP contribution >= 0.6 is 9.47 Å². The smallest absolute Gasteiger partial charge is 0.412 e. The van der Waals surface area contributed by atoms with Gasteiger partial charge < -0.3 is 20.9 Å². The van der Waals surface area contributed by atoms with Gasteiger partial charge in [-0.25, -0.2) is 4.79 Å². The van der Waals surface area contributed by atoms with Gasteiger partial charge in [-0.3, -0.25) is 0 Å². The minimum Gasteiger partial charge on any atom is -0.435 e. The Kier molecular flexibility index (Phi) is 5.61. The molecule has 5 nitrogen and oxygen atoms in total. The number of nitrogens with two attached hydrogens (primary N) is 2. The number of amides is 1. The van der Waals surface area contributed by atoms with Gasteiger partial charge in [0.1, 0.15) is 0 Å². The molecule has 1 atom stereocenters. The van der Waals surface area contributed by atoms with Crippen molar-refractivity contribution in [1.29, 1.82) is 0 Å². The lowest BCUT2D eigenvalue weighted by Crippen LogP contribution is -2.31. The van der Waals surface area contributed by atoms with E-state index in [2.05, 4.69) is 0 Å². The van der Waals surface area contributed by atoms with Crippen LogP contribution in [0, 0.1) is 0 Å². The monoisotopic (exact) mass is 317 g/mol. The predicted octanol–water partition coefficient (Wildman–Crippen LogP) is 2.82. The summed E-state index contributed by atoms with van der Waals surface area (Å²) < 4.78 is 4.77. The molecule has 0 radical (unpaired) electrons. The Hall–Kier alpha value is -2.26. The Morgan fingerprint density at radius 3 is 1.95 bits per heavy atom. The van der Waals surface area contributed by atoms with Gasteiger partial charge in [-0.2, -0.15) is 0 Å². The van der Waals surface area contributed by atoms with Crippen LogP contribution in [0.25, 0.3) is 0 Å². The van der Waals surface area contributed by atoms with Crippen molar-refractivity contribution in [3.8, 4) is 0 Å². The third kappa shape index (κ3) is 4.64. The number of nitrogens with zero attached hydrogens (tertiary/aromatic N) is 1. The van der Waals surface area contributed by atoms with Crippen molar-refractivity contribution in [2.75, 3.05) is 18.0 Å². The normalized spacial score (nSPS) is 10.2. The molecule has 2 aromatic carbocycles. The van der Waals surface area contributed by atoms with Gasteiger partial charge in [0, 0.05) is 24.5 Å². The van der Waals surface area contributed by atoms with Crippen molar-refractivity contribution in [2.24, 2.45) is 0 Å². The Morgan fingerprint density at radius 1 is 0.955 bits per heavy atom. The zero-order valence-corrected chi connectivity index (χ0v) is 13.4. The van der Waals surface area contributed by atoms with Gasteiger partial charge in [0.2, 0.25) is 0 Å². The molecule has 4 N–H and O–H groups in total. The average Bonchev–Trinajstić information content (AvgIpc) is 2.54. The van der Waals surface area contributed by atoms with E-state index in [1.54, 1.807) is 4.90 Å². The van der Waals surface area contributed by atoms with E-state index in [1.807, 2.05) is 58.0 Å². The SMILES string of the molecule is Nc1ccc(CCN(Cc2ccc(N)cc2)C(=O)OP)cc1. The highest BCUT2D eigenvalue weighted by Gasteiger charge is 2.14. The van der Waals surface area contributed by atoms with Gasteiger partial charge in [0.25, 0.3) is 0 Å². The van der Waals surface area contributed by atoms with Gasteiger partial charge in [-0.15, -0.1) is 0 Å². The summed E-state index contributed by atoms with van der Waals surface area (Å²) in [5.74, 6) is 0. The molecule has 2 aromatic rings. The van der Waals surface area contributed by atoms with Crippen molar-refractivity contribution in [1.82, 2.24) is 4.90 Å². The number of carbonyl (C=O) groups excluding carboxylic acids is 1. The molecule has 2 rings (SSSR count). The molecule has 1 unspecified atom stereocenters. The molecule has 0 spiro atoms. The number of carbonyl (C=O) groups is 1. The molecule has 0 saturated carbocycles. The summed E-state index contributed by atoms with van der Waals surface area (Å²) in [5, 5.41) is 0. The van der Waals surface area contributed by atoms with Crippen molar-refractivity contribution >= 4 is 26.9 Å². The zero-order valence-electron chi connectivity index (χ0n) is 12.2. The maximum absolute atomic E-state index is 11.9. The van der Waals surface area contributed by atoms with Gasteiger partial charge in [-0.1, -0.05) is 24.3 Å². The fraction of sp³-hybridized carbons (Fsp3) is 0.188. The van der Waals surface area contributed by atoms with Crippen LogP contribution in [0.15, 0.2) is 48.5 Å². The molecule has 116 valence electrons. The molecule has 1 amide bonds. The molecule has 22 heavy (non-hydrogen) atoms. The third-order valence-electron chi connectivity index (χ3n) is 3.36. The second-order valence-corrected chi connectivity index (χ2v) is 5.27. The Labute approximate surface area is 132 Å². The highest BCUT2D eigenvalue weighted by molar-refractivity contribution is 7.10. The quantitative estimate of drug-likeness (QED) is 0.656. The summed E-state index contributed by atoms with van der Waals surface area (Å²) >= 11 is 0. The summed E-state index contributed by atoms with van der Waals surface area (Å²) in [6.07, 6.45) is 0.354. The third-order valence-corrected chi connectivity index (χ3v) is 3.56. The lowest BCUT2D eigenvalue weighted by atomic mass is 10.1. The first kappa shape index (κ1) is 16.1. The Morgan fingerprint density at radius 2 is 1.45 bits per heavy atom. The van der Waals surface area contributed by atoms with Gasteiger partial charge in [0.05, 0.1) is 9.47 Å². The molecule has 0 bridgehead atoms. The fourth-order valence-corrected chi connectivity index (χ4v) is 2.25. The fourth-order valence-electron chi connectivity index (χ4n) is 2.10. The first-order valence-electron chi connectivity index (χ1n) is 6.93. The van der Waals surface area contributed by atoms with Crippen LogP contribution in [-0.4, -0.2) is 17.5 Å². The summed E-state index contributed by atoms with van der Waals surface area (Å²) in [7, 11) is 1.99. The van der Waals surface area contributed by atoms with Crippen LogP contribution < -0.4 is 11.5 Å². The first-order chi connectivity index (χ1) is 10.6. The number of benzene rings is 2. The van der Waals surface area contributed by atoms with Crippen molar-refractivity contribution in [2.45, 2.75) is 13.0 Å². The van der Waals surface area contributed by atoms with E-state index < -0.39 is 0 Å². The van der Waals surface area contributed by atoms with Crippen molar-refractivity contribution in [3.05, 3.63) is 59.7 Å². The summed E-state index contributed by atoms with van der Waals surface area (Å²) in [5.41, 5.74) is 14.9. The van der Waals surface area contributed by atoms with Crippen LogP contribution in [0.3, 0.4) is 0 Å². The van der Waals surface area contributed by atoms with E-state index in [1.165, 1.54) is 0 Å². The molecule has 0 aliphatic heterocycles. The number of hydrogen-bond acceptors (Lipinski definition) is 4. The summed E-state index contributed by atoms with van der Waals surface area (Å²) in [4.78, 5) is 13.5. The van der Waals surface area contributed by atoms with Crippen LogP contribution in [0.5, 0.6) is 0 Å². The lowest BCUT2D eigenvalue weighted by molar-refractivity contribution is 0.157. The Balaban J connectivity index is 2.01. The van der Waals surface area contributed by atoms with Crippen molar-refractivity contribution < 1.29 is 9.32 Å². The summed E-state index contributed by atoms with van der Waals surface area (Å²) in [6, 6.07) is 15.1. The largest absolute Gasteiger partial charge is 0.435 e. The second-order valence-electron chi connectivity index (χ2n) is 5.04. The molecular formula is C16H20N3O2P.